The van der Waals surface area contributed by atoms with Crippen molar-refractivity contribution in [3.8, 4) is 0 Å². The molecule has 0 radical (unpaired) electrons. The number of aliphatic hydroxyl groups is 2. The van der Waals surface area contributed by atoms with Crippen molar-refractivity contribution < 1.29 is 10.2 Å². The molecule has 2 unspecified atom stereocenters. The maximum absolute atomic E-state index is 9.96. The van der Waals surface area contributed by atoms with Crippen LogP contribution in [0.2, 0.25) is 0 Å². The number of aliphatic hydroxyl groups excluding tert-OH is 2. The van der Waals surface area contributed by atoms with Gasteiger partial charge in [0.25, 0.3) is 0 Å². The smallest absolute Gasteiger partial charge is 0.0693 e. The van der Waals surface area contributed by atoms with Crippen LogP contribution in [0.3, 0.4) is 0 Å². The molecule has 1 aliphatic rings. The number of nitrogens with one attached hydrogen (secondary N) is 1. The van der Waals surface area contributed by atoms with E-state index in [4.69, 9.17) is 5.11 Å². The van der Waals surface area contributed by atoms with Crippen molar-refractivity contribution in [2.24, 2.45) is 0 Å². The summed E-state index contributed by atoms with van der Waals surface area (Å²) in [5, 5.41) is 22.4. The molecule has 0 aromatic carbocycles. The highest BCUT2D eigenvalue weighted by Crippen LogP contribution is 2.21. The van der Waals surface area contributed by atoms with Gasteiger partial charge in [0.05, 0.1) is 6.10 Å². The van der Waals surface area contributed by atoms with Crippen molar-refractivity contribution in [1.82, 2.24) is 5.32 Å². The predicted octanol–water partition coefficient (Wildman–Crippen LogP) is 1.43. The van der Waals surface area contributed by atoms with E-state index < -0.39 is 0 Å². The normalized spacial score (nSPS) is 28.8. The molecule has 2 atom stereocenters. The molecular formula is C12H25NO2. The van der Waals surface area contributed by atoms with E-state index >= 15 is 0 Å². The number of hydrogen-bond acceptors (Lipinski definition) is 3. The molecule has 1 rings (SSSR count). The summed E-state index contributed by atoms with van der Waals surface area (Å²) in [6.45, 7) is 4.37. The van der Waals surface area contributed by atoms with Gasteiger partial charge < -0.3 is 15.5 Å². The van der Waals surface area contributed by atoms with E-state index in [1.54, 1.807) is 0 Å². The molecule has 0 heterocycles. The van der Waals surface area contributed by atoms with E-state index in [1.807, 2.05) is 0 Å². The van der Waals surface area contributed by atoms with Crippen LogP contribution in [0.25, 0.3) is 0 Å². The fourth-order valence-electron chi connectivity index (χ4n) is 2.31. The predicted molar refractivity (Wildman–Crippen MR) is 61.8 cm³/mol. The molecule has 0 aromatic heterocycles. The molecule has 0 saturated heterocycles. The zero-order chi connectivity index (χ0) is 11.3. The number of rotatable bonds is 4. The van der Waals surface area contributed by atoms with Gasteiger partial charge in [-0.2, -0.15) is 0 Å². The third-order valence-corrected chi connectivity index (χ3v) is 3.29. The van der Waals surface area contributed by atoms with Gasteiger partial charge in [-0.15, -0.1) is 0 Å². The molecular weight excluding hydrogens is 190 g/mol. The Labute approximate surface area is 92.9 Å². The van der Waals surface area contributed by atoms with Gasteiger partial charge in [0.2, 0.25) is 0 Å². The molecule has 90 valence electrons. The lowest BCUT2D eigenvalue weighted by Crippen LogP contribution is -2.51. The van der Waals surface area contributed by atoms with E-state index in [0.29, 0.717) is 0 Å². The summed E-state index contributed by atoms with van der Waals surface area (Å²) in [5.74, 6) is 0. The first-order valence-electron chi connectivity index (χ1n) is 6.12. The SMILES string of the molecule is CC(C)(CCO)NC1CCCCCC1O. The lowest BCUT2D eigenvalue weighted by atomic mass is 9.96. The van der Waals surface area contributed by atoms with Gasteiger partial charge in [-0.1, -0.05) is 19.3 Å². The quantitative estimate of drug-likeness (QED) is 0.622. The summed E-state index contributed by atoms with van der Waals surface area (Å²) in [5.41, 5.74) is -0.0786. The highest BCUT2D eigenvalue weighted by molar-refractivity contribution is 4.87. The van der Waals surface area contributed by atoms with Crippen molar-refractivity contribution in [2.75, 3.05) is 6.61 Å². The highest BCUT2D eigenvalue weighted by Gasteiger charge is 2.27. The third-order valence-electron chi connectivity index (χ3n) is 3.29. The second-order valence-corrected chi connectivity index (χ2v) is 5.31. The van der Waals surface area contributed by atoms with Crippen molar-refractivity contribution in [1.29, 1.82) is 0 Å². The van der Waals surface area contributed by atoms with Crippen LogP contribution in [0, 0.1) is 0 Å². The van der Waals surface area contributed by atoms with Crippen LogP contribution in [0.1, 0.15) is 52.4 Å². The molecule has 1 aliphatic carbocycles. The molecule has 3 heteroatoms. The Morgan fingerprint density at radius 2 is 1.87 bits per heavy atom. The lowest BCUT2D eigenvalue weighted by molar-refractivity contribution is 0.0972. The summed E-state index contributed by atoms with van der Waals surface area (Å²) in [6, 6.07) is 0.203. The molecule has 1 fully saturated rings. The van der Waals surface area contributed by atoms with Gasteiger partial charge in [0, 0.05) is 18.2 Å². The molecule has 0 bridgehead atoms. The Morgan fingerprint density at radius 3 is 2.53 bits per heavy atom. The zero-order valence-corrected chi connectivity index (χ0v) is 10.00. The summed E-state index contributed by atoms with van der Waals surface area (Å²) in [4.78, 5) is 0. The van der Waals surface area contributed by atoms with Crippen LogP contribution >= 0.6 is 0 Å². The van der Waals surface area contributed by atoms with Crippen LogP contribution in [-0.4, -0.2) is 34.5 Å². The number of hydrogen-bond donors (Lipinski definition) is 3. The van der Waals surface area contributed by atoms with Gasteiger partial charge in [-0.3, -0.25) is 0 Å². The first-order valence-corrected chi connectivity index (χ1v) is 6.12. The standard InChI is InChI=1S/C12H25NO2/c1-12(2,8-9-14)13-10-6-4-3-5-7-11(10)15/h10-11,13-15H,3-9H2,1-2H3. The molecule has 0 aromatic rings. The molecule has 1 saturated carbocycles. The highest BCUT2D eigenvalue weighted by atomic mass is 16.3. The first kappa shape index (κ1) is 12.9. The van der Waals surface area contributed by atoms with Gasteiger partial charge in [0.1, 0.15) is 0 Å². The minimum atomic E-state index is -0.217. The zero-order valence-electron chi connectivity index (χ0n) is 10.00. The minimum absolute atomic E-state index is 0.0786. The summed E-state index contributed by atoms with van der Waals surface area (Å²) in [7, 11) is 0. The third kappa shape index (κ3) is 4.49. The van der Waals surface area contributed by atoms with Crippen molar-refractivity contribution in [2.45, 2.75) is 70.1 Å². The minimum Gasteiger partial charge on any atom is -0.396 e. The molecule has 15 heavy (non-hydrogen) atoms. The largest absolute Gasteiger partial charge is 0.396 e. The van der Waals surface area contributed by atoms with E-state index in [-0.39, 0.29) is 24.3 Å². The van der Waals surface area contributed by atoms with E-state index in [9.17, 15) is 5.11 Å². The van der Waals surface area contributed by atoms with Gasteiger partial charge in [0.15, 0.2) is 0 Å². The van der Waals surface area contributed by atoms with E-state index in [1.165, 1.54) is 12.8 Å². The van der Waals surface area contributed by atoms with Crippen LogP contribution in [0.15, 0.2) is 0 Å². The lowest BCUT2D eigenvalue weighted by Gasteiger charge is -2.33. The Bertz CT molecular complexity index is 182. The van der Waals surface area contributed by atoms with Gasteiger partial charge in [-0.05, 0) is 33.1 Å². The Kier molecular flexibility index (Phi) is 5.03. The van der Waals surface area contributed by atoms with Crippen molar-refractivity contribution in [3.05, 3.63) is 0 Å². The van der Waals surface area contributed by atoms with Crippen molar-refractivity contribution in [3.63, 3.8) is 0 Å². The van der Waals surface area contributed by atoms with Gasteiger partial charge >= 0.3 is 0 Å². The van der Waals surface area contributed by atoms with Crippen LogP contribution in [-0.2, 0) is 0 Å². The maximum atomic E-state index is 9.96. The van der Waals surface area contributed by atoms with Crippen LogP contribution in [0.4, 0.5) is 0 Å². The Balaban J connectivity index is 2.46. The van der Waals surface area contributed by atoms with Gasteiger partial charge in [-0.25, -0.2) is 0 Å². The maximum Gasteiger partial charge on any atom is 0.0693 e. The molecule has 3 nitrogen and oxygen atoms in total. The Morgan fingerprint density at radius 1 is 1.20 bits per heavy atom. The molecule has 0 amide bonds. The second kappa shape index (κ2) is 5.83. The van der Waals surface area contributed by atoms with Crippen LogP contribution in [0.5, 0.6) is 0 Å². The average Bonchev–Trinajstić information content (AvgIpc) is 2.31. The first-order chi connectivity index (χ1) is 7.05. The molecule has 0 aliphatic heterocycles. The monoisotopic (exact) mass is 215 g/mol. The fraction of sp³-hybridized carbons (Fsp3) is 1.00. The fourth-order valence-corrected chi connectivity index (χ4v) is 2.31. The van der Waals surface area contributed by atoms with Crippen molar-refractivity contribution >= 4 is 0 Å². The summed E-state index contributed by atoms with van der Waals surface area (Å²) in [6.07, 6.45) is 6.05. The topological polar surface area (TPSA) is 52.5 Å². The molecule has 0 spiro atoms. The average molecular weight is 215 g/mol. The Hall–Kier alpha value is -0.120. The van der Waals surface area contributed by atoms with Crippen LogP contribution < -0.4 is 5.32 Å². The summed E-state index contributed by atoms with van der Waals surface area (Å²) >= 11 is 0. The second-order valence-electron chi connectivity index (χ2n) is 5.31. The van der Waals surface area contributed by atoms with E-state index in [0.717, 1.165) is 25.7 Å². The molecule has 3 N–H and O–H groups in total. The van der Waals surface area contributed by atoms with E-state index in [2.05, 4.69) is 19.2 Å². The summed E-state index contributed by atoms with van der Waals surface area (Å²) < 4.78 is 0.